The molecule has 1 aliphatic rings. The van der Waals surface area contributed by atoms with E-state index in [1.807, 2.05) is 24.3 Å². The fourth-order valence-electron chi connectivity index (χ4n) is 4.66. The number of nitrogens with one attached hydrogen (secondary N) is 1. The number of halogens is 2. The first-order valence-electron chi connectivity index (χ1n) is 14.0. The molecule has 40 heavy (non-hydrogen) atoms. The van der Waals surface area contributed by atoms with Crippen molar-refractivity contribution in [2.75, 3.05) is 32.9 Å². The maximum atomic E-state index is 13.1. The zero-order valence-corrected chi connectivity index (χ0v) is 24.6. The number of unbranched alkanes of at least 4 members (excludes halogenated alkanes) is 1. The van der Waals surface area contributed by atoms with Crippen LogP contribution in [0.1, 0.15) is 57.4 Å². The minimum atomic E-state index is -0.978. The number of rotatable bonds is 16. The van der Waals surface area contributed by atoms with Crippen LogP contribution in [0.3, 0.4) is 0 Å². The first-order valence-corrected chi connectivity index (χ1v) is 14.8. The molecule has 1 saturated carbocycles. The lowest BCUT2D eigenvalue weighted by Crippen LogP contribution is -2.47. The van der Waals surface area contributed by atoms with Gasteiger partial charge in [0.2, 0.25) is 0 Å². The second-order valence-corrected chi connectivity index (χ2v) is 10.8. The topological polar surface area (TPSA) is 97.3 Å². The van der Waals surface area contributed by atoms with Crippen LogP contribution in [0.2, 0.25) is 10.0 Å². The fraction of sp³-hybridized carbons (Fsp3) is 0.533. The molecule has 0 saturated heterocycles. The van der Waals surface area contributed by atoms with Crippen LogP contribution in [-0.4, -0.2) is 67.1 Å². The number of nitrogens with zero attached hydrogens (tertiary/aromatic N) is 1. The Morgan fingerprint density at radius 1 is 0.950 bits per heavy atom. The van der Waals surface area contributed by atoms with Crippen LogP contribution in [-0.2, 0) is 16.0 Å². The second-order valence-electron chi connectivity index (χ2n) is 9.91. The first kappa shape index (κ1) is 31.8. The molecule has 1 unspecified atom stereocenters. The minimum absolute atomic E-state index is 0.0657. The molecule has 0 bridgehead atoms. The molecule has 0 spiro atoms. The zero-order valence-electron chi connectivity index (χ0n) is 23.1. The summed E-state index contributed by atoms with van der Waals surface area (Å²) >= 11 is 12.1. The van der Waals surface area contributed by atoms with Gasteiger partial charge in [-0.1, -0.05) is 54.6 Å². The molecule has 10 heteroatoms. The summed E-state index contributed by atoms with van der Waals surface area (Å²) in [4.78, 5) is 26.3. The van der Waals surface area contributed by atoms with Gasteiger partial charge in [-0.15, -0.1) is 0 Å². The van der Waals surface area contributed by atoms with E-state index >= 15 is 0 Å². The van der Waals surface area contributed by atoms with E-state index in [4.69, 9.17) is 37.4 Å². The second kappa shape index (κ2) is 17.2. The van der Waals surface area contributed by atoms with Gasteiger partial charge in [-0.25, -0.2) is 9.59 Å². The lowest BCUT2D eigenvalue weighted by Gasteiger charge is -2.28. The molecule has 1 fully saturated rings. The Morgan fingerprint density at radius 3 is 2.27 bits per heavy atom. The molecule has 0 aliphatic heterocycles. The van der Waals surface area contributed by atoms with Crippen molar-refractivity contribution in [1.82, 2.24) is 10.2 Å². The van der Waals surface area contributed by atoms with E-state index in [1.165, 1.54) is 6.42 Å². The Hall–Kier alpha value is -2.68. The third kappa shape index (κ3) is 11.4. The lowest BCUT2D eigenvalue weighted by molar-refractivity contribution is -0.149. The summed E-state index contributed by atoms with van der Waals surface area (Å²) in [5.74, 6) is 0.308. The number of benzene rings is 2. The van der Waals surface area contributed by atoms with E-state index < -0.39 is 12.1 Å². The van der Waals surface area contributed by atoms with Crippen molar-refractivity contribution in [3.8, 4) is 11.5 Å². The van der Waals surface area contributed by atoms with Gasteiger partial charge in [-0.3, -0.25) is 0 Å². The van der Waals surface area contributed by atoms with E-state index in [0.717, 1.165) is 44.1 Å². The Labute approximate surface area is 246 Å². The van der Waals surface area contributed by atoms with Crippen LogP contribution in [0.5, 0.6) is 11.5 Å². The highest BCUT2D eigenvalue weighted by Crippen LogP contribution is 2.24. The molecule has 3 rings (SSSR count). The molecule has 2 aromatic rings. The predicted molar refractivity (Wildman–Crippen MR) is 157 cm³/mol. The van der Waals surface area contributed by atoms with Crippen molar-refractivity contribution in [3.05, 3.63) is 58.1 Å². The highest BCUT2D eigenvalue weighted by Gasteiger charge is 2.20. The van der Waals surface area contributed by atoms with Crippen molar-refractivity contribution >= 4 is 35.2 Å². The molecule has 0 radical (unpaired) electrons. The number of amides is 2. The van der Waals surface area contributed by atoms with Crippen LogP contribution >= 0.6 is 23.2 Å². The van der Waals surface area contributed by atoms with Crippen LogP contribution in [0, 0.1) is 0 Å². The van der Waals surface area contributed by atoms with Gasteiger partial charge in [0.05, 0.1) is 13.2 Å². The molecular weight excluding hydrogens is 555 g/mol. The normalized spacial score (nSPS) is 14.4. The highest BCUT2D eigenvalue weighted by molar-refractivity contribution is 6.34. The van der Waals surface area contributed by atoms with Crippen LogP contribution in [0.25, 0.3) is 0 Å². The van der Waals surface area contributed by atoms with Crippen molar-refractivity contribution in [2.24, 2.45) is 0 Å². The molecule has 2 amide bonds. The van der Waals surface area contributed by atoms with Gasteiger partial charge in [0.15, 0.2) is 6.10 Å². The number of carbonyl (C=O) groups is 2. The Bertz CT molecular complexity index is 1040. The number of carboxylic acids is 1. The smallest absolute Gasteiger partial charge is 0.333 e. The third-order valence-electron chi connectivity index (χ3n) is 6.76. The van der Waals surface area contributed by atoms with Crippen molar-refractivity contribution in [1.29, 1.82) is 0 Å². The first-order chi connectivity index (χ1) is 19.3. The molecule has 0 heterocycles. The van der Waals surface area contributed by atoms with Crippen molar-refractivity contribution < 1.29 is 28.9 Å². The molecule has 220 valence electrons. The van der Waals surface area contributed by atoms with Gasteiger partial charge in [-0.2, -0.15) is 0 Å². The van der Waals surface area contributed by atoms with Gasteiger partial charge < -0.3 is 29.5 Å². The van der Waals surface area contributed by atoms with Crippen molar-refractivity contribution in [2.45, 2.75) is 70.4 Å². The largest absolute Gasteiger partial charge is 0.493 e. The monoisotopic (exact) mass is 594 g/mol. The quantitative estimate of drug-likeness (QED) is 0.212. The van der Waals surface area contributed by atoms with Crippen molar-refractivity contribution in [3.63, 3.8) is 0 Å². The summed E-state index contributed by atoms with van der Waals surface area (Å²) in [6.45, 7) is 3.96. The third-order valence-corrected chi connectivity index (χ3v) is 7.20. The van der Waals surface area contributed by atoms with Gasteiger partial charge in [-0.05, 0) is 68.5 Å². The van der Waals surface area contributed by atoms with E-state index in [0.29, 0.717) is 54.5 Å². The fourth-order valence-corrected chi connectivity index (χ4v) is 5.17. The maximum Gasteiger partial charge on any atom is 0.333 e. The maximum absolute atomic E-state index is 13.1. The van der Waals surface area contributed by atoms with Crippen LogP contribution in [0.15, 0.2) is 42.5 Å². The molecule has 2 aromatic carbocycles. The summed E-state index contributed by atoms with van der Waals surface area (Å²) < 4.78 is 17.0. The molecule has 0 aromatic heterocycles. The minimum Gasteiger partial charge on any atom is -0.493 e. The lowest BCUT2D eigenvalue weighted by atomic mass is 9.96. The van der Waals surface area contributed by atoms with Gasteiger partial charge in [0.1, 0.15) is 18.1 Å². The number of carboxylic acid groups (broad SMARTS) is 1. The molecule has 1 aliphatic carbocycles. The van der Waals surface area contributed by atoms with Gasteiger partial charge in [0.25, 0.3) is 0 Å². The van der Waals surface area contributed by atoms with E-state index in [1.54, 1.807) is 30.0 Å². The predicted octanol–water partition coefficient (Wildman–Crippen LogP) is 6.61. The molecule has 1 atom stereocenters. The molecular formula is C30H40Cl2N2O6. The number of hydrogen-bond acceptors (Lipinski definition) is 5. The zero-order chi connectivity index (χ0) is 28.7. The van der Waals surface area contributed by atoms with Gasteiger partial charge in [0, 0.05) is 35.7 Å². The summed E-state index contributed by atoms with van der Waals surface area (Å²) in [5, 5.41) is 13.6. The van der Waals surface area contributed by atoms with Gasteiger partial charge >= 0.3 is 12.0 Å². The number of ether oxygens (including phenoxy) is 3. The van der Waals surface area contributed by atoms with E-state index in [9.17, 15) is 14.7 Å². The number of hydrogen-bond donors (Lipinski definition) is 2. The summed E-state index contributed by atoms with van der Waals surface area (Å²) in [6, 6.07) is 12.6. The number of carbonyl (C=O) groups excluding carboxylic acids is 1. The highest BCUT2D eigenvalue weighted by atomic mass is 35.5. The standard InChI is InChI=1S/C30H40Cl2N2O6/c1-2-38-28(29(35)36)18-22-10-12-26(13-11-22)40-17-15-34(30(37)33-25-8-4-3-5-9-25)14-6-7-16-39-27-20-23(31)19-24(32)21-27/h10-13,19-21,25,28H,2-9,14-18H2,1H3,(H,33,37)(H,35,36). The van der Waals surface area contributed by atoms with E-state index in [-0.39, 0.29) is 18.5 Å². The summed E-state index contributed by atoms with van der Waals surface area (Å²) in [5.41, 5.74) is 0.851. The average Bonchev–Trinajstić information content (AvgIpc) is 2.92. The Morgan fingerprint density at radius 2 is 1.62 bits per heavy atom. The summed E-state index contributed by atoms with van der Waals surface area (Å²) in [7, 11) is 0. The Kier molecular flexibility index (Phi) is 13.7. The molecule has 2 N–H and O–H groups in total. The Balaban J connectivity index is 1.48. The average molecular weight is 596 g/mol. The number of urea groups is 1. The van der Waals surface area contributed by atoms with E-state index in [2.05, 4.69) is 5.32 Å². The number of aliphatic carboxylic acids is 1. The summed E-state index contributed by atoms with van der Waals surface area (Å²) in [6.07, 6.45) is 6.50. The SMILES string of the molecule is CCOC(Cc1ccc(OCCN(CCCCOc2cc(Cl)cc(Cl)c2)C(=O)NC2CCCCC2)cc1)C(=O)O. The van der Waals surface area contributed by atoms with Crippen LogP contribution < -0.4 is 14.8 Å². The molecule has 8 nitrogen and oxygen atoms in total. The van der Waals surface area contributed by atoms with Crippen LogP contribution in [0.4, 0.5) is 4.79 Å².